The number of methoxy groups -OCH3 is 1. The summed E-state index contributed by atoms with van der Waals surface area (Å²) in [5.41, 5.74) is 5.10. The van der Waals surface area contributed by atoms with E-state index in [1.807, 2.05) is 12.1 Å². The first kappa shape index (κ1) is 42.0. The van der Waals surface area contributed by atoms with Crippen LogP contribution in [0.4, 0.5) is 15.8 Å². The summed E-state index contributed by atoms with van der Waals surface area (Å²) in [4.78, 5) is 77.5. The van der Waals surface area contributed by atoms with Gasteiger partial charge in [-0.05, 0) is 55.7 Å². The van der Waals surface area contributed by atoms with Gasteiger partial charge in [0.1, 0.15) is 34.3 Å². The highest BCUT2D eigenvalue weighted by Crippen LogP contribution is 2.34. The number of H-pyrrole nitrogens is 1. The minimum atomic E-state index is -0.992. The summed E-state index contributed by atoms with van der Waals surface area (Å²) in [6.07, 6.45) is 7.68. The van der Waals surface area contributed by atoms with Gasteiger partial charge in [-0.2, -0.15) is 5.10 Å². The van der Waals surface area contributed by atoms with E-state index in [2.05, 4.69) is 58.0 Å². The number of carbonyl (C=O) groups excluding carboxylic acids is 5. The van der Waals surface area contributed by atoms with Gasteiger partial charge in [0.2, 0.25) is 17.7 Å². The number of hydrogen-bond acceptors (Lipinski definition) is 12. The van der Waals surface area contributed by atoms with Crippen LogP contribution in [0.2, 0.25) is 0 Å². The number of carbonyl (C=O) groups is 5. The predicted octanol–water partition coefficient (Wildman–Crippen LogP) is 4.93. The van der Waals surface area contributed by atoms with Crippen LogP contribution in [-0.4, -0.2) is 118 Å². The van der Waals surface area contributed by atoms with E-state index < -0.39 is 35.5 Å². The van der Waals surface area contributed by atoms with E-state index in [0.717, 1.165) is 80.9 Å². The Morgan fingerprint density at radius 2 is 1.61 bits per heavy atom. The van der Waals surface area contributed by atoms with E-state index >= 15 is 0 Å². The molecule has 2 aromatic heterocycles. The summed E-state index contributed by atoms with van der Waals surface area (Å²) in [6, 6.07) is 16.8. The van der Waals surface area contributed by atoms with Gasteiger partial charge in [-0.1, -0.05) is 49.9 Å². The molecule has 5 amide bonds. The molecule has 1 atom stereocenters. The van der Waals surface area contributed by atoms with Crippen LogP contribution < -0.4 is 25.6 Å². The normalized spacial score (nSPS) is 16.8. The molecule has 0 radical (unpaired) electrons. The molecule has 4 N–H and O–H groups in total. The molecular weight excluding hydrogens is 796 g/mol. The van der Waals surface area contributed by atoms with Gasteiger partial charge in [0.15, 0.2) is 5.82 Å². The lowest BCUT2D eigenvalue weighted by atomic mass is 10.0. The van der Waals surface area contributed by atoms with E-state index in [1.165, 1.54) is 13.2 Å². The molecular formula is C45H49FN10O6. The number of hydrogen-bond donors (Lipinski definition) is 4. The van der Waals surface area contributed by atoms with Gasteiger partial charge in [-0.25, -0.2) is 14.4 Å². The molecule has 322 valence electrons. The molecule has 0 aliphatic carbocycles. The second-order valence-corrected chi connectivity index (χ2v) is 15.7. The number of imide groups is 2. The number of piperazine rings is 1. The smallest absolute Gasteiger partial charge is 0.264 e. The molecule has 0 bridgehead atoms. The van der Waals surface area contributed by atoms with Crippen molar-refractivity contribution in [3.8, 4) is 28.4 Å². The number of aromatic nitrogens is 4. The summed E-state index contributed by atoms with van der Waals surface area (Å²) < 4.78 is 20.1. The van der Waals surface area contributed by atoms with Crippen molar-refractivity contribution in [1.29, 1.82) is 0 Å². The second-order valence-electron chi connectivity index (χ2n) is 15.7. The van der Waals surface area contributed by atoms with E-state index in [0.29, 0.717) is 47.8 Å². The van der Waals surface area contributed by atoms with Gasteiger partial charge in [0, 0.05) is 62.6 Å². The molecule has 1 unspecified atom stereocenters. The van der Waals surface area contributed by atoms with Gasteiger partial charge in [0.25, 0.3) is 11.8 Å². The molecule has 2 fully saturated rings. The number of anilines is 2. The molecule has 5 aromatic rings. The van der Waals surface area contributed by atoms with Crippen molar-refractivity contribution in [3.05, 3.63) is 83.8 Å². The maximum atomic E-state index is 14.8. The van der Waals surface area contributed by atoms with Crippen LogP contribution in [-0.2, 0) is 14.4 Å². The van der Waals surface area contributed by atoms with Gasteiger partial charge in [-0.3, -0.25) is 44.2 Å². The third-order valence-corrected chi connectivity index (χ3v) is 11.7. The van der Waals surface area contributed by atoms with Gasteiger partial charge < -0.3 is 20.3 Å². The summed E-state index contributed by atoms with van der Waals surface area (Å²) in [7, 11) is 1.48. The number of halogens is 1. The average molecular weight is 845 g/mol. The molecule has 3 aliphatic heterocycles. The fraction of sp³-hybridized carbons (Fsp3) is 0.378. The third kappa shape index (κ3) is 8.98. The molecule has 62 heavy (non-hydrogen) atoms. The molecule has 3 aliphatic rings. The Balaban J connectivity index is 0.706. The number of piperidine rings is 1. The topological polar surface area (TPSA) is 195 Å². The number of fused-ring (bicyclic) bond motifs is 2. The zero-order valence-electron chi connectivity index (χ0n) is 34.5. The van der Waals surface area contributed by atoms with E-state index in [1.54, 1.807) is 36.5 Å². The minimum Gasteiger partial charge on any atom is -0.496 e. The van der Waals surface area contributed by atoms with Crippen molar-refractivity contribution >= 4 is 51.9 Å². The number of unbranched alkanes of at least 4 members (excludes halogenated alkanes) is 5. The Morgan fingerprint density at radius 3 is 2.37 bits per heavy atom. The predicted molar refractivity (Wildman–Crippen MR) is 230 cm³/mol. The Morgan fingerprint density at radius 1 is 0.871 bits per heavy atom. The lowest BCUT2D eigenvalue weighted by molar-refractivity contribution is -0.136. The summed E-state index contributed by atoms with van der Waals surface area (Å²) >= 11 is 0. The zero-order chi connectivity index (χ0) is 43.2. The first-order valence-corrected chi connectivity index (χ1v) is 21.2. The Bertz CT molecular complexity index is 2490. The van der Waals surface area contributed by atoms with Gasteiger partial charge in [0.05, 0.1) is 36.5 Å². The number of nitrogens with one attached hydrogen (secondary N) is 4. The zero-order valence-corrected chi connectivity index (χ0v) is 34.5. The highest BCUT2D eigenvalue weighted by atomic mass is 19.1. The third-order valence-electron chi connectivity index (χ3n) is 11.7. The molecule has 0 saturated carbocycles. The summed E-state index contributed by atoms with van der Waals surface area (Å²) in [6.45, 7) is 4.78. The van der Waals surface area contributed by atoms with Gasteiger partial charge in [-0.15, -0.1) is 0 Å². The fourth-order valence-corrected chi connectivity index (χ4v) is 8.35. The van der Waals surface area contributed by atoms with E-state index in [-0.39, 0.29) is 41.3 Å². The summed E-state index contributed by atoms with van der Waals surface area (Å²) in [5, 5.41) is 16.1. The maximum absolute atomic E-state index is 14.8. The van der Waals surface area contributed by atoms with E-state index in [4.69, 9.17) is 4.74 Å². The van der Waals surface area contributed by atoms with Crippen molar-refractivity contribution in [2.24, 2.45) is 0 Å². The van der Waals surface area contributed by atoms with Crippen molar-refractivity contribution in [2.75, 3.05) is 63.1 Å². The highest BCUT2D eigenvalue weighted by Gasteiger charge is 2.45. The molecule has 0 spiro atoms. The Hall–Kier alpha value is -6.75. The van der Waals surface area contributed by atoms with Crippen molar-refractivity contribution in [2.45, 2.75) is 57.4 Å². The highest BCUT2D eigenvalue weighted by molar-refractivity contribution is 6.25. The van der Waals surface area contributed by atoms with Crippen LogP contribution in [0.25, 0.3) is 33.7 Å². The first-order chi connectivity index (χ1) is 30.2. The van der Waals surface area contributed by atoms with Crippen LogP contribution in [0, 0.1) is 5.82 Å². The molecule has 5 heterocycles. The lowest BCUT2D eigenvalue weighted by Gasteiger charge is -2.35. The van der Waals surface area contributed by atoms with Crippen molar-refractivity contribution < 1.29 is 33.1 Å². The standard InChI is InChI=1S/C45H49FN10O6/c1-62-35-13-9-11-31(46)39(35)42-49-26-33-41(51-42)40(53-52-33)28-14-16-29(17-15-28)55-24-22-54(23-25-55)27-37(58)48-21-7-5-3-2-4-6-20-47-32-12-8-10-30-38(32)45(61)56(44(30)60)34-18-19-36(57)50-43(34)59/h8-17,26,34,47H,2-7,18-25,27H2,1H3,(H,48,58)(H,52,53)(H,50,57,59). The molecule has 8 rings (SSSR count). The monoisotopic (exact) mass is 844 g/mol. The molecule has 16 nitrogen and oxygen atoms in total. The largest absolute Gasteiger partial charge is 0.496 e. The van der Waals surface area contributed by atoms with Crippen LogP contribution in [0.15, 0.2) is 66.9 Å². The number of amides is 5. The number of nitrogens with zero attached hydrogens (tertiary/aromatic N) is 6. The molecule has 3 aromatic carbocycles. The van der Waals surface area contributed by atoms with Crippen molar-refractivity contribution in [3.63, 3.8) is 0 Å². The lowest BCUT2D eigenvalue weighted by Crippen LogP contribution is -2.54. The first-order valence-electron chi connectivity index (χ1n) is 21.2. The summed E-state index contributed by atoms with van der Waals surface area (Å²) in [5.74, 6) is -1.93. The van der Waals surface area contributed by atoms with Crippen molar-refractivity contribution in [1.82, 2.24) is 40.6 Å². The minimum absolute atomic E-state index is 0.0355. The Labute approximate surface area is 357 Å². The average Bonchev–Trinajstić information content (AvgIpc) is 3.82. The molecule has 2 saturated heterocycles. The fourth-order valence-electron chi connectivity index (χ4n) is 8.35. The van der Waals surface area contributed by atoms with Crippen LogP contribution in [0.3, 0.4) is 0 Å². The quantitative estimate of drug-likeness (QED) is 0.0730. The number of benzene rings is 3. The number of rotatable bonds is 17. The van der Waals surface area contributed by atoms with Crippen LogP contribution in [0.5, 0.6) is 5.75 Å². The van der Waals surface area contributed by atoms with Gasteiger partial charge >= 0.3 is 0 Å². The maximum Gasteiger partial charge on any atom is 0.264 e. The van der Waals surface area contributed by atoms with Crippen LogP contribution in [0.1, 0.15) is 72.1 Å². The van der Waals surface area contributed by atoms with Crippen LogP contribution >= 0.6 is 0 Å². The number of aromatic amines is 1. The Kier molecular flexibility index (Phi) is 12.8. The van der Waals surface area contributed by atoms with E-state index in [9.17, 15) is 28.4 Å². The molecule has 17 heteroatoms. The SMILES string of the molecule is COc1cccc(F)c1-c1ncc2[nH]nc(-c3ccc(N4CCN(CC(=O)NCCCCCCCCNc5cccc6c5C(=O)N(C5CCC(=O)NC5=O)C6=O)CC4)cc3)c2n1. The second kappa shape index (κ2) is 18.9. The number of ether oxygens (including phenoxy) is 1.